The van der Waals surface area contributed by atoms with Crippen LogP contribution in [0.25, 0.3) is 0 Å². The van der Waals surface area contributed by atoms with Crippen molar-refractivity contribution in [2.24, 2.45) is 0 Å². The minimum atomic E-state index is 0.296. The molecule has 1 aromatic rings. The molecule has 0 aliphatic carbocycles. The van der Waals surface area contributed by atoms with E-state index in [9.17, 15) is 0 Å². The number of aryl methyl sites for hydroxylation is 1. The van der Waals surface area contributed by atoms with Gasteiger partial charge in [-0.15, -0.1) is 0 Å². The van der Waals surface area contributed by atoms with Crippen LogP contribution in [0, 0.1) is 6.92 Å². The summed E-state index contributed by atoms with van der Waals surface area (Å²) in [5, 5.41) is 0. The van der Waals surface area contributed by atoms with E-state index >= 15 is 0 Å². The molecule has 0 spiro atoms. The van der Waals surface area contributed by atoms with Crippen molar-refractivity contribution in [2.45, 2.75) is 84.5 Å². The molecular weight excluding hydrogens is 242 g/mol. The van der Waals surface area contributed by atoms with E-state index in [4.69, 9.17) is 5.73 Å². The molecule has 0 amide bonds. The van der Waals surface area contributed by atoms with Gasteiger partial charge in [-0.2, -0.15) is 0 Å². The van der Waals surface area contributed by atoms with Crippen molar-refractivity contribution in [3.05, 3.63) is 29.3 Å². The third-order valence-electron chi connectivity index (χ3n) is 4.46. The van der Waals surface area contributed by atoms with Gasteiger partial charge in [0, 0.05) is 5.69 Å². The number of nitrogen functional groups attached to an aromatic ring is 1. The fourth-order valence-corrected chi connectivity index (χ4v) is 3.08. The second kappa shape index (κ2) is 8.34. The Hall–Kier alpha value is -0.980. The lowest BCUT2D eigenvalue weighted by Gasteiger charge is -2.31. The Labute approximate surface area is 126 Å². The molecule has 1 heteroatoms. The normalized spacial score (nSPS) is 14.2. The average molecular weight is 275 g/mol. The van der Waals surface area contributed by atoms with E-state index in [2.05, 4.69) is 45.9 Å². The highest BCUT2D eigenvalue weighted by atomic mass is 14.5. The van der Waals surface area contributed by atoms with Crippen molar-refractivity contribution in [3.63, 3.8) is 0 Å². The number of benzene rings is 1. The van der Waals surface area contributed by atoms with Gasteiger partial charge in [-0.25, -0.2) is 0 Å². The van der Waals surface area contributed by atoms with Crippen LogP contribution in [0.15, 0.2) is 18.2 Å². The molecule has 0 heterocycles. The van der Waals surface area contributed by atoms with Gasteiger partial charge < -0.3 is 5.73 Å². The molecule has 1 atom stereocenters. The van der Waals surface area contributed by atoms with Crippen LogP contribution in [-0.2, 0) is 5.41 Å². The predicted octanol–water partition coefficient (Wildman–Crippen LogP) is 6.00. The zero-order valence-corrected chi connectivity index (χ0v) is 14.0. The van der Waals surface area contributed by atoms with Crippen LogP contribution in [0.3, 0.4) is 0 Å². The maximum Gasteiger partial charge on any atom is 0.0319 e. The number of hydrogen-bond acceptors (Lipinski definition) is 1. The molecule has 114 valence electrons. The van der Waals surface area contributed by atoms with Crippen molar-refractivity contribution in [1.29, 1.82) is 0 Å². The van der Waals surface area contributed by atoms with Crippen LogP contribution < -0.4 is 5.73 Å². The van der Waals surface area contributed by atoms with Crippen LogP contribution in [0.2, 0.25) is 0 Å². The summed E-state index contributed by atoms with van der Waals surface area (Å²) in [5.74, 6) is 0. The highest BCUT2D eigenvalue weighted by molar-refractivity contribution is 5.46. The van der Waals surface area contributed by atoms with Gasteiger partial charge in [0.05, 0.1) is 0 Å². The number of hydrogen-bond donors (Lipinski definition) is 1. The quantitative estimate of drug-likeness (QED) is 0.434. The summed E-state index contributed by atoms with van der Waals surface area (Å²) >= 11 is 0. The predicted molar refractivity (Wildman–Crippen MR) is 91.2 cm³/mol. The molecule has 1 rings (SSSR count). The number of anilines is 1. The lowest BCUT2D eigenvalue weighted by Crippen LogP contribution is -2.22. The lowest BCUT2D eigenvalue weighted by atomic mass is 9.74. The highest BCUT2D eigenvalue weighted by Gasteiger charge is 2.25. The highest BCUT2D eigenvalue weighted by Crippen LogP contribution is 2.36. The molecule has 0 fully saturated rings. The topological polar surface area (TPSA) is 26.0 Å². The summed E-state index contributed by atoms with van der Waals surface area (Å²) in [6, 6.07) is 6.61. The smallest absolute Gasteiger partial charge is 0.0319 e. The molecule has 0 saturated carbocycles. The molecule has 20 heavy (non-hydrogen) atoms. The first-order valence-electron chi connectivity index (χ1n) is 8.39. The van der Waals surface area contributed by atoms with Gasteiger partial charge >= 0.3 is 0 Å². The maximum atomic E-state index is 6.06. The maximum absolute atomic E-state index is 6.06. The van der Waals surface area contributed by atoms with Crippen LogP contribution in [-0.4, -0.2) is 0 Å². The van der Waals surface area contributed by atoms with Gasteiger partial charge in [-0.3, -0.25) is 0 Å². The molecule has 0 bridgehead atoms. The Balaban J connectivity index is 2.85. The van der Waals surface area contributed by atoms with E-state index in [1.165, 1.54) is 62.5 Å². The average Bonchev–Trinajstić information content (AvgIpc) is 2.40. The molecular formula is C19H33N. The molecule has 2 N–H and O–H groups in total. The Morgan fingerprint density at radius 3 is 2.15 bits per heavy atom. The van der Waals surface area contributed by atoms with Crippen molar-refractivity contribution < 1.29 is 0 Å². The Bertz CT molecular complexity index is 377. The van der Waals surface area contributed by atoms with Crippen LogP contribution in [0.1, 0.15) is 83.3 Å². The van der Waals surface area contributed by atoms with E-state index in [-0.39, 0.29) is 0 Å². The number of nitrogens with two attached hydrogens (primary N) is 1. The SMILES string of the molecule is CCCCCCC(C)(CCCC)c1cc(C)cc(N)c1. The Morgan fingerprint density at radius 2 is 1.55 bits per heavy atom. The third-order valence-corrected chi connectivity index (χ3v) is 4.46. The second-order valence-electron chi connectivity index (χ2n) is 6.61. The second-order valence-corrected chi connectivity index (χ2v) is 6.61. The van der Waals surface area contributed by atoms with Crippen LogP contribution >= 0.6 is 0 Å². The number of rotatable bonds is 9. The summed E-state index contributed by atoms with van der Waals surface area (Å²) in [6.07, 6.45) is 10.5. The molecule has 0 aliphatic rings. The first kappa shape index (κ1) is 17.1. The summed E-state index contributed by atoms with van der Waals surface area (Å²) < 4.78 is 0. The van der Waals surface area contributed by atoms with Gasteiger partial charge in [0.15, 0.2) is 0 Å². The zero-order chi connectivity index (χ0) is 15.0. The van der Waals surface area contributed by atoms with Crippen molar-refractivity contribution in [1.82, 2.24) is 0 Å². The Morgan fingerprint density at radius 1 is 0.900 bits per heavy atom. The summed E-state index contributed by atoms with van der Waals surface area (Å²) in [4.78, 5) is 0. The molecule has 0 aliphatic heterocycles. The van der Waals surface area contributed by atoms with Crippen LogP contribution in [0.4, 0.5) is 5.69 Å². The first-order chi connectivity index (χ1) is 9.51. The summed E-state index contributed by atoms with van der Waals surface area (Å²) in [5.41, 5.74) is 10.0. The fraction of sp³-hybridized carbons (Fsp3) is 0.684. The molecule has 0 saturated heterocycles. The molecule has 1 unspecified atom stereocenters. The van der Waals surface area contributed by atoms with Gasteiger partial charge in [0.1, 0.15) is 0 Å². The molecule has 1 nitrogen and oxygen atoms in total. The van der Waals surface area contributed by atoms with Gasteiger partial charge in [0.25, 0.3) is 0 Å². The zero-order valence-electron chi connectivity index (χ0n) is 14.0. The van der Waals surface area contributed by atoms with Crippen LogP contribution in [0.5, 0.6) is 0 Å². The van der Waals surface area contributed by atoms with E-state index < -0.39 is 0 Å². The van der Waals surface area contributed by atoms with E-state index in [1.807, 2.05) is 0 Å². The minimum Gasteiger partial charge on any atom is -0.399 e. The van der Waals surface area contributed by atoms with Crippen molar-refractivity contribution >= 4 is 5.69 Å². The summed E-state index contributed by atoms with van der Waals surface area (Å²) in [7, 11) is 0. The lowest BCUT2D eigenvalue weighted by molar-refractivity contribution is 0.369. The first-order valence-corrected chi connectivity index (χ1v) is 8.39. The van der Waals surface area contributed by atoms with Gasteiger partial charge in [-0.1, -0.05) is 65.4 Å². The van der Waals surface area contributed by atoms with E-state index in [0.717, 1.165) is 5.69 Å². The van der Waals surface area contributed by atoms with E-state index in [1.54, 1.807) is 0 Å². The van der Waals surface area contributed by atoms with E-state index in [0.29, 0.717) is 5.41 Å². The number of unbranched alkanes of at least 4 members (excludes halogenated alkanes) is 4. The molecule has 0 radical (unpaired) electrons. The third kappa shape index (κ3) is 5.19. The molecule has 0 aromatic heterocycles. The minimum absolute atomic E-state index is 0.296. The standard InChI is InChI=1S/C19H33N/c1-5-7-9-10-12-19(4,11-8-6-2)17-13-16(3)14-18(20)15-17/h13-15H,5-12,20H2,1-4H3. The van der Waals surface area contributed by atoms with Gasteiger partial charge in [-0.05, 0) is 48.4 Å². The van der Waals surface area contributed by atoms with Gasteiger partial charge in [0.2, 0.25) is 0 Å². The summed E-state index contributed by atoms with van der Waals surface area (Å²) in [6.45, 7) is 9.14. The molecule has 1 aromatic carbocycles. The Kier molecular flexibility index (Phi) is 7.12. The monoisotopic (exact) mass is 275 g/mol. The fourth-order valence-electron chi connectivity index (χ4n) is 3.08. The van der Waals surface area contributed by atoms with Crippen molar-refractivity contribution in [3.8, 4) is 0 Å². The van der Waals surface area contributed by atoms with Crippen molar-refractivity contribution in [2.75, 3.05) is 5.73 Å². The largest absolute Gasteiger partial charge is 0.399 e.